The first-order valence-corrected chi connectivity index (χ1v) is 9.46. The highest BCUT2D eigenvalue weighted by Gasteiger charge is 2.14. The van der Waals surface area contributed by atoms with Crippen molar-refractivity contribution in [3.05, 3.63) is 65.2 Å². The molecule has 0 aliphatic heterocycles. The zero-order chi connectivity index (χ0) is 20.9. The van der Waals surface area contributed by atoms with Gasteiger partial charge in [0.1, 0.15) is 0 Å². The molecule has 0 bridgehead atoms. The summed E-state index contributed by atoms with van der Waals surface area (Å²) in [5.74, 6) is -0.143. The smallest absolute Gasteiger partial charge is 0.253 e. The quantitative estimate of drug-likeness (QED) is 0.829. The standard InChI is InChI=1S/C23H31N3O2/c1-23(2,3)19-11-7-17(8-12-19)15-26(6)16-21(27)24-20-13-9-18(10-14-20)22(28)25(4)5/h7-14H,15-16H2,1-6H3,(H,24,27). The summed E-state index contributed by atoms with van der Waals surface area (Å²) in [4.78, 5) is 27.7. The Balaban J connectivity index is 1.88. The van der Waals surface area contributed by atoms with Gasteiger partial charge in [-0.1, -0.05) is 45.0 Å². The van der Waals surface area contributed by atoms with Crippen molar-refractivity contribution >= 4 is 17.5 Å². The fourth-order valence-corrected chi connectivity index (χ4v) is 2.88. The van der Waals surface area contributed by atoms with E-state index < -0.39 is 0 Å². The van der Waals surface area contributed by atoms with Gasteiger partial charge in [-0.2, -0.15) is 0 Å². The van der Waals surface area contributed by atoms with Crippen LogP contribution in [0.1, 0.15) is 42.3 Å². The van der Waals surface area contributed by atoms with Crippen LogP contribution in [0.5, 0.6) is 0 Å². The van der Waals surface area contributed by atoms with E-state index in [1.165, 1.54) is 16.0 Å². The van der Waals surface area contributed by atoms with Gasteiger partial charge in [0.15, 0.2) is 0 Å². The molecule has 0 spiro atoms. The van der Waals surface area contributed by atoms with E-state index in [-0.39, 0.29) is 17.2 Å². The number of nitrogens with zero attached hydrogens (tertiary/aromatic N) is 2. The normalized spacial score (nSPS) is 11.4. The number of hydrogen-bond acceptors (Lipinski definition) is 3. The summed E-state index contributed by atoms with van der Waals surface area (Å²) in [6.45, 7) is 7.58. The maximum atomic E-state index is 12.3. The summed E-state index contributed by atoms with van der Waals surface area (Å²) in [6, 6.07) is 15.5. The van der Waals surface area contributed by atoms with Crippen molar-refractivity contribution in [2.75, 3.05) is 33.0 Å². The Kier molecular flexibility index (Phi) is 6.97. The summed E-state index contributed by atoms with van der Waals surface area (Å²) in [5.41, 5.74) is 3.89. The minimum absolute atomic E-state index is 0.0601. The molecule has 28 heavy (non-hydrogen) atoms. The highest BCUT2D eigenvalue weighted by molar-refractivity contribution is 5.95. The van der Waals surface area contributed by atoms with Gasteiger partial charge in [-0.25, -0.2) is 0 Å². The van der Waals surface area contributed by atoms with E-state index in [1.54, 1.807) is 38.4 Å². The summed E-state index contributed by atoms with van der Waals surface area (Å²) in [5, 5.41) is 2.88. The molecular formula is C23H31N3O2. The SMILES string of the molecule is CN(CC(=O)Nc1ccc(C(=O)N(C)C)cc1)Cc1ccc(C(C)(C)C)cc1. The first-order chi connectivity index (χ1) is 13.1. The fourth-order valence-electron chi connectivity index (χ4n) is 2.88. The van der Waals surface area contributed by atoms with E-state index >= 15 is 0 Å². The van der Waals surface area contributed by atoms with Crippen molar-refractivity contribution in [3.63, 3.8) is 0 Å². The van der Waals surface area contributed by atoms with E-state index in [2.05, 4.69) is 50.4 Å². The second-order valence-corrected chi connectivity index (χ2v) is 8.44. The van der Waals surface area contributed by atoms with Gasteiger partial charge in [0, 0.05) is 31.9 Å². The number of carbonyl (C=O) groups is 2. The minimum atomic E-state index is -0.0829. The predicted octanol–water partition coefficient (Wildman–Crippen LogP) is 3.76. The lowest BCUT2D eigenvalue weighted by molar-refractivity contribution is -0.117. The molecule has 0 fully saturated rings. The number of likely N-dealkylation sites (N-methyl/N-ethyl adjacent to an activating group) is 1. The molecule has 0 atom stereocenters. The molecule has 0 heterocycles. The Bertz CT molecular complexity index is 803. The molecule has 1 N–H and O–H groups in total. The van der Waals surface area contributed by atoms with Crippen LogP contribution in [-0.4, -0.2) is 49.3 Å². The van der Waals surface area contributed by atoms with Crippen molar-refractivity contribution in [3.8, 4) is 0 Å². The number of carbonyl (C=O) groups excluding carboxylic acids is 2. The lowest BCUT2D eigenvalue weighted by atomic mass is 9.87. The zero-order valence-corrected chi connectivity index (χ0v) is 17.7. The molecule has 0 aliphatic rings. The molecule has 5 heteroatoms. The van der Waals surface area contributed by atoms with Crippen LogP contribution >= 0.6 is 0 Å². The number of nitrogens with one attached hydrogen (secondary N) is 1. The second-order valence-electron chi connectivity index (χ2n) is 8.44. The maximum Gasteiger partial charge on any atom is 0.253 e. The van der Waals surface area contributed by atoms with Crippen molar-refractivity contribution in [1.82, 2.24) is 9.80 Å². The third kappa shape index (κ3) is 6.20. The van der Waals surface area contributed by atoms with Gasteiger partial charge in [-0.15, -0.1) is 0 Å². The number of amides is 2. The molecule has 2 aromatic rings. The van der Waals surface area contributed by atoms with Crippen LogP contribution in [0.4, 0.5) is 5.69 Å². The Morgan fingerprint density at radius 2 is 1.46 bits per heavy atom. The summed E-state index contributed by atoms with van der Waals surface area (Å²) in [6.07, 6.45) is 0. The first-order valence-electron chi connectivity index (χ1n) is 9.46. The summed E-state index contributed by atoms with van der Waals surface area (Å²) < 4.78 is 0. The summed E-state index contributed by atoms with van der Waals surface area (Å²) in [7, 11) is 5.35. The third-order valence-corrected chi connectivity index (χ3v) is 4.51. The highest BCUT2D eigenvalue weighted by atomic mass is 16.2. The van der Waals surface area contributed by atoms with Gasteiger partial charge >= 0.3 is 0 Å². The van der Waals surface area contributed by atoms with Crippen LogP contribution in [0.3, 0.4) is 0 Å². The molecule has 0 radical (unpaired) electrons. The topological polar surface area (TPSA) is 52.7 Å². The van der Waals surface area contributed by atoms with Crippen LogP contribution in [0.15, 0.2) is 48.5 Å². The molecule has 0 saturated heterocycles. The third-order valence-electron chi connectivity index (χ3n) is 4.51. The molecular weight excluding hydrogens is 350 g/mol. The Morgan fingerprint density at radius 3 is 1.96 bits per heavy atom. The predicted molar refractivity (Wildman–Crippen MR) is 115 cm³/mol. The van der Waals surface area contributed by atoms with Crippen LogP contribution in [0.2, 0.25) is 0 Å². The Labute approximate surface area is 168 Å². The molecule has 150 valence electrons. The maximum absolute atomic E-state index is 12.3. The van der Waals surface area contributed by atoms with E-state index in [1.807, 2.05) is 11.9 Å². The average Bonchev–Trinajstić information content (AvgIpc) is 2.61. The van der Waals surface area contributed by atoms with Crippen LogP contribution in [0.25, 0.3) is 0 Å². The van der Waals surface area contributed by atoms with Crippen molar-refractivity contribution in [2.45, 2.75) is 32.7 Å². The second kappa shape index (κ2) is 9.02. The Hall–Kier alpha value is -2.66. The van der Waals surface area contributed by atoms with Gasteiger partial charge in [0.2, 0.25) is 5.91 Å². The highest BCUT2D eigenvalue weighted by Crippen LogP contribution is 2.22. The van der Waals surface area contributed by atoms with Crippen molar-refractivity contribution in [1.29, 1.82) is 0 Å². The number of benzene rings is 2. The van der Waals surface area contributed by atoms with Gasteiger partial charge in [0.25, 0.3) is 5.91 Å². The number of rotatable bonds is 6. The van der Waals surface area contributed by atoms with Crippen LogP contribution in [0, 0.1) is 0 Å². The molecule has 0 aliphatic carbocycles. The van der Waals surface area contributed by atoms with Crippen molar-refractivity contribution in [2.24, 2.45) is 0 Å². The van der Waals surface area contributed by atoms with Gasteiger partial charge in [-0.05, 0) is 47.9 Å². The summed E-state index contributed by atoms with van der Waals surface area (Å²) >= 11 is 0. The minimum Gasteiger partial charge on any atom is -0.345 e. The number of anilines is 1. The molecule has 2 aromatic carbocycles. The van der Waals surface area contributed by atoms with Crippen molar-refractivity contribution < 1.29 is 9.59 Å². The molecule has 5 nitrogen and oxygen atoms in total. The zero-order valence-electron chi connectivity index (χ0n) is 17.7. The van der Waals surface area contributed by atoms with E-state index in [4.69, 9.17) is 0 Å². The monoisotopic (exact) mass is 381 g/mol. The van der Waals surface area contributed by atoms with E-state index in [0.29, 0.717) is 24.3 Å². The molecule has 0 aromatic heterocycles. The lowest BCUT2D eigenvalue weighted by Gasteiger charge is -2.20. The molecule has 2 rings (SSSR count). The first kappa shape index (κ1) is 21.6. The fraction of sp³-hybridized carbons (Fsp3) is 0.391. The Morgan fingerprint density at radius 1 is 0.893 bits per heavy atom. The van der Waals surface area contributed by atoms with Crippen LogP contribution in [-0.2, 0) is 16.8 Å². The van der Waals surface area contributed by atoms with Gasteiger partial charge < -0.3 is 10.2 Å². The van der Waals surface area contributed by atoms with Crippen LogP contribution < -0.4 is 5.32 Å². The molecule has 0 unspecified atom stereocenters. The molecule has 2 amide bonds. The largest absolute Gasteiger partial charge is 0.345 e. The number of hydrogen-bond donors (Lipinski definition) is 1. The lowest BCUT2D eigenvalue weighted by Crippen LogP contribution is -2.29. The van der Waals surface area contributed by atoms with Gasteiger partial charge in [0.05, 0.1) is 6.54 Å². The van der Waals surface area contributed by atoms with E-state index in [9.17, 15) is 9.59 Å². The van der Waals surface area contributed by atoms with E-state index in [0.717, 1.165) is 0 Å². The molecule has 0 saturated carbocycles. The van der Waals surface area contributed by atoms with Gasteiger partial charge in [-0.3, -0.25) is 14.5 Å². The average molecular weight is 382 g/mol.